The van der Waals surface area contributed by atoms with Crippen LogP contribution in [0.2, 0.25) is 5.02 Å². The fourth-order valence-electron chi connectivity index (χ4n) is 1.49. The molecule has 18 heavy (non-hydrogen) atoms. The Morgan fingerprint density at radius 1 is 1.50 bits per heavy atom. The molecular formula is C12H14ClN3O2. The van der Waals surface area contributed by atoms with Gasteiger partial charge in [0.1, 0.15) is 0 Å². The van der Waals surface area contributed by atoms with Crippen molar-refractivity contribution in [1.82, 2.24) is 10.1 Å². The van der Waals surface area contributed by atoms with Crippen molar-refractivity contribution in [2.24, 2.45) is 0 Å². The Balaban J connectivity index is 2.26. The van der Waals surface area contributed by atoms with Gasteiger partial charge in [-0.05, 0) is 25.1 Å². The zero-order valence-corrected chi connectivity index (χ0v) is 10.9. The summed E-state index contributed by atoms with van der Waals surface area (Å²) >= 11 is 6.06. The quantitative estimate of drug-likeness (QED) is 0.862. The summed E-state index contributed by atoms with van der Waals surface area (Å²) in [4.78, 5) is 4.27. The Morgan fingerprint density at radius 3 is 3.00 bits per heavy atom. The normalized spacial score (nSPS) is 12.6. The standard InChI is InChI=1S/C12H14ClN3O2/c1-7(17-2)5-11-15-12(18-16-11)9-6-8(14)3-4-10(9)13/h3-4,6-7H,5,14H2,1-2H3. The fourth-order valence-corrected chi connectivity index (χ4v) is 1.69. The number of benzene rings is 1. The van der Waals surface area contributed by atoms with Gasteiger partial charge >= 0.3 is 0 Å². The summed E-state index contributed by atoms with van der Waals surface area (Å²) in [5.41, 5.74) is 6.94. The molecule has 5 nitrogen and oxygen atoms in total. The summed E-state index contributed by atoms with van der Waals surface area (Å²) in [6.45, 7) is 1.93. The molecule has 0 amide bonds. The van der Waals surface area contributed by atoms with Crippen LogP contribution in [-0.2, 0) is 11.2 Å². The Morgan fingerprint density at radius 2 is 2.28 bits per heavy atom. The van der Waals surface area contributed by atoms with Gasteiger partial charge in [-0.1, -0.05) is 16.8 Å². The van der Waals surface area contributed by atoms with E-state index >= 15 is 0 Å². The average Bonchev–Trinajstić information content (AvgIpc) is 2.80. The van der Waals surface area contributed by atoms with Crippen molar-refractivity contribution in [3.05, 3.63) is 29.0 Å². The molecule has 0 saturated heterocycles. The van der Waals surface area contributed by atoms with E-state index in [0.29, 0.717) is 34.4 Å². The maximum atomic E-state index is 6.06. The van der Waals surface area contributed by atoms with Gasteiger partial charge in [-0.2, -0.15) is 4.98 Å². The maximum Gasteiger partial charge on any atom is 0.259 e. The molecule has 0 spiro atoms. The van der Waals surface area contributed by atoms with Crippen molar-refractivity contribution < 1.29 is 9.26 Å². The molecule has 1 unspecified atom stereocenters. The molecule has 0 bridgehead atoms. The molecule has 1 aromatic carbocycles. The molecule has 0 aliphatic heterocycles. The zero-order valence-electron chi connectivity index (χ0n) is 10.2. The number of ether oxygens (including phenoxy) is 1. The molecule has 0 fully saturated rings. The highest BCUT2D eigenvalue weighted by molar-refractivity contribution is 6.33. The number of hydrogen-bond donors (Lipinski definition) is 1. The van der Waals surface area contributed by atoms with E-state index in [0.717, 1.165) is 0 Å². The lowest BCUT2D eigenvalue weighted by molar-refractivity contribution is 0.116. The molecule has 2 aromatic rings. The number of halogens is 1. The van der Waals surface area contributed by atoms with Crippen LogP contribution in [-0.4, -0.2) is 23.4 Å². The van der Waals surface area contributed by atoms with E-state index in [2.05, 4.69) is 10.1 Å². The third-order valence-electron chi connectivity index (χ3n) is 2.56. The van der Waals surface area contributed by atoms with Crippen molar-refractivity contribution in [3.8, 4) is 11.5 Å². The molecule has 0 aliphatic carbocycles. The smallest absolute Gasteiger partial charge is 0.259 e. The molecule has 2 rings (SSSR count). The highest BCUT2D eigenvalue weighted by atomic mass is 35.5. The second kappa shape index (κ2) is 5.37. The second-order valence-corrected chi connectivity index (χ2v) is 4.41. The van der Waals surface area contributed by atoms with Crippen LogP contribution in [0.1, 0.15) is 12.7 Å². The summed E-state index contributed by atoms with van der Waals surface area (Å²) in [5.74, 6) is 0.948. The van der Waals surface area contributed by atoms with Gasteiger partial charge in [0.15, 0.2) is 5.82 Å². The molecule has 6 heteroatoms. The van der Waals surface area contributed by atoms with E-state index in [1.807, 2.05) is 6.92 Å². The van der Waals surface area contributed by atoms with Crippen LogP contribution >= 0.6 is 11.6 Å². The number of methoxy groups -OCH3 is 1. The first-order valence-electron chi connectivity index (χ1n) is 5.51. The van der Waals surface area contributed by atoms with Crippen LogP contribution < -0.4 is 5.73 Å². The van der Waals surface area contributed by atoms with Gasteiger partial charge in [-0.3, -0.25) is 0 Å². The van der Waals surface area contributed by atoms with Crippen LogP contribution in [0.5, 0.6) is 0 Å². The molecular weight excluding hydrogens is 254 g/mol. The van der Waals surface area contributed by atoms with E-state index < -0.39 is 0 Å². The molecule has 0 saturated carbocycles. The highest BCUT2D eigenvalue weighted by Gasteiger charge is 2.14. The number of nitrogens with zero attached hydrogens (tertiary/aromatic N) is 2. The van der Waals surface area contributed by atoms with Gasteiger partial charge in [0.05, 0.1) is 16.7 Å². The summed E-state index contributed by atoms with van der Waals surface area (Å²) in [6.07, 6.45) is 0.617. The number of aromatic nitrogens is 2. The van der Waals surface area contributed by atoms with Crippen molar-refractivity contribution in [2.75, 3.05) is 12.8 Å². The Labute approximate surface area is 110 Å². The molecule has 2 N–H and O–H groups in total. The lowest BCUT2D eigenvalue weighted by Gasteiger charge is -2.04. The fraction of sp³-hybridized carbons (Fsp3) is 0.333. The van der Waals surface area contributed by atoms with Crippen molar-refractivity contribution in [3.63, 3.8) is 0 Å². The van der Waals surface area contributed by atoms with Crippen molar-refractivity contribution in [1.29, 1.82) is 0 Å². The average molecular weight is 268 g/mol. The predicted octanol–water partition coefficient (Wildman–Crippen LogP) is 2.55. The monoisotopic (exact) mass is 267 g/mol. The molecule has 1 atom stereocenters. The third kappa shape index (κ3) is 2.80. The Bertz CT molecular complexity index is 542. The highest BCUT2D eigenvalue weighted by Crippen LogP contribution is 2.28. The van der Waals surface area contributed by atoms with E-state index in [9.17, 15) is 0 Å². The number of nitrogens with two attached hydrogens (primary N) is 1. The molecule has 1 heterocycles. The number of rotatable bonds is 4. The topological polar surface area (TPSA) is 74.2 Å². The molecule has 0 aliphatic rings. The Kier molecular flexibility index (Phi) is 3.84. The van der Waals surface area contributed by atoms with Gasteiger partial charge in [0, 0.05) is 19.2 Å². The van der Waals surface area contributed by atoms with E-state index in [4.69, 9.17) is 26.6 Å². The first-order chi connectivity index (χ1) is 8.60. The van der Waals surface area contributed by atoms with Gasteiger partial charge in [-0.15, -0.1) is 0 Å². The van der Waals surface area contributed by atoms with Gasteiger partial charge in [-0.25, -0.2) is 0 Å². The summed E-state index contributed by atoms with van der Waals surface area (Å²) < 4.78 is 10.3. The van der Waals surface area contributed by atoms with Gasteiger partial charge in [0.2, 0.25) is 0 Å². The lowest BCUT2D eigenvalue weighted by atomic mass is 10.2. The molecule has 1 aromatic heterocycles. The van der Waals surface area contributed by atoms with Gasteiger partial charge in [0.25, 0.3) is 5.89 Å². The largest absolute Gasteiger partial charge is 0.399 e. The number of anilines is 1. The van der Waals surface area contributed by atoms with Gasteiger partial charge < -0.3 is 15.0 Å². The number of nitrogen functional groups attached to an aromatic ring is 1. The van der Waals surface area contributed by atoms with E-state index in [-0.39, 0.29) is 6.10 Å². The van der Waals surface area contributed by atoms with Crippen LogP contribution in [0.3, 0.4) is 0 Å². The van der Waals surface area contributed by atoms with E-state index in [1.54, 1.807) is 25.3 Å². The SMILES string of the molecule is COC(C)Cc1noc(-c2cc(N)ccc2Cl)n1. The maximum absolute atomic E-state index is 6.06. The molecule has 96 valence electrons. The summed E-state index contributed by atoms with van der Waals surface area (Å²) in [7, 11) is 1.64. The zero-order chi connectivity index (χ0) is 13.1. The first kappa shape index (κ1) is 12.9. The first-order valence-corrected chi connectivity index (χ1v) is 5.88. The minimum absolute atomic E-state index is 0.0340. The summed E-state index contributed by atoms with van der Waals surface area (Å²) in [5, 5.41) is 4.41. The minimum atomic E-state index is 0.0340. The molecule has 0 radical (unpaired) electrons. The van der Waals surface area contributed by atoms with E-state index in [1.165, 1.54) is 0 Å². The lowest BCUT2D eigenvalue weighted by Crippen LogP contribution is -2.09. The van der Waals surface area contributed by atoms with Crippen molar-refractivity contribution in [2.45, 2.75) is 19.4 Å². The Hall–Kier alpha value is -1.59. The van der Waals surface area contributed by atoms with Crippen LogP contribution in [0.25, 0.3) is 11.5 Å². The summed E-state index contributed by atoms with van der Waals surface area (Å²) in [6, 6.07) is 5.13. The number of hydrogen-bond acceptors (Lipinski definition) is 5. The minimum Gasteiger partial charge on any atom is -0.399 e. The van der Waals surface area contributed by atoms with Crippen molar-refractivity contribution >= 4 is 17.3 Å². The second-order valence-electron chi connectivity index (χ2n) is 4.01. The van der Waals surface area contributed by atoms with Crippen LogP contribution in [0.4, 0.5) is 5.69 Å². The predicted molar refractivity (Wildman–Crippen MR) is 69.3 cm³/mol. The van der Waals surface area contributed by atoms with Crippen LogP contribution in [0.15, 0.2) is 22.7 Å². The third-order valence-corrected chi connectivity index (χ3v) is 2.89. The van der Waals surface area contributed by atoms with Crippen LogP contribution in [0, 0.1) is 0 Å².